The maximum absolute atomic E-state index is 11.5. The second-order valence-electron chi connectivity index (χ2n) is 3.23. The maximum Gasteiger partial charge on any atom is 0.332 e. The van der Waals surface area contributed by atoms with Gasteiger partial charge in [-0.15, -0.1) is 0 Å². The highest BCUT2D eigenvalue weighted by molar-refractivity contribution is 6.15. The molecule has 0 unspecified atom stereocenters. The van der Waals surface area contributed by atoms with Crippen molar-refractivity contribution < 1.29 is 14.4 Å². The smallest absolute Gasteiger partial charge is 0.332 e. The number of hydrogen-bond acceptors (Lipinski definition) is 4. The average Bonchev–Trinajstić information content (AvgIpc) is 2.30. The Morgan fingerprint density at radius 3 is 2.67 bits per heavy atom. The van der Waals surface area contributed by atoms with Crippen LogP contribution in [0.25, 0.3) is 0 Å². The van der Waals surface area contributed by atoms with Crippen molar-refractivity contribution in [2.75, 3.05) is 7.05 Å². The Morgan fingerprint density at radius 2 is 2.27 bits per heavy atom. The summed E-state index contributed by atoms with van der Waals surface area (Å²) in [5, 5.41) is 5.83. The van der Waals surface area contributed by atoms with Gasteiger partial charge in [-0.3, -0.25) is 9.69 Å². The Bertz CT molecular complexity index is 353. The van der Waals surface area contributed by atoms with E-state index in [1.165, 1.54) is 14.0 Å². The van der Waals surface area contributed by atoms with Gasteiger partial charge in [-0.25, -0.2) is 15.0 Å². The Morgan fingerprint density at radius 1 is 1.67 bits per heavy atom. The molecule has 8 nitrogen and oxygen atoms in total. The van der Waals surface area contributed by atoms with E-state index in [9.17, 15) is 14.4 Å². The first-order valence-electron chi connectivity index (χ1n) is 4.07. The molecule has 0 aromatic rings. The van der Waals surface area contributed by atoms with Gasteiger partial charge in [-0.2, -0.15) is 5.10 Å². The molecule has 1 saturated heterocycles. The van der Waals surface area contributed by atoms with Gasteiger partial charge in [0.15, 0.2) is 5.54 Å². The minimum atomic E-state index is -1.24. The summed E-state index contributed by atoms with van der Waals surface area (Å²) in [5.41, 5.74) is 5.46. The van der Waals surface area contributed by atoms with E-state index in [1.807, 2.05) is 5.43 Å². The number of amides is 5. The molecular formula is C7H11N5O3. The van der Waals surface area contributed by atoms with Crippen molar-refractivity contribution in [3.05, 3.63) is 0 Å². The number of nitrogens with zero attached hydrogens (tertiary/aromatic N) is 2. The number of nitrogens with one attached hydrogen (secondary N) is 2. The minimum Gasteiger partial charge on any atom is -0.350 e. The highest BCUT2D eigenvalue weighted by atomic mass is 16.2. The molecule has 0 spiro atoms. The molecule has 0 aromatic carbocycles. The van der Waals surface area contributed by atoms with Crippen LogP contribution < -0.4 is 16.5 Å². The number of hydrazone groups is 1. The SMILES string of the molecule is CN1C(=O)N[C@](C)(/C=N/NC(N)=O)C1=O. The van der Waals surface area contributed by atoms with Crippen molar-refractivity contribution in [2.45, 2.75) is 12.5 Å². The molecule has 8 heteroatoms. The standard InChI is InChI=1S/C7H11N5O3/c1-7(3-9-11-5(8)14)4(13)12(2)6(15)10-7/h3H,1-2H3,(H,10,15)(H3,8,11,14)/b9-3+/t7-/m1/s1. The zero-order valence-electron chi connectivity index (χ0n) is 8.27. The van der Waals surface area contributed by atoms with E-state index in [-0.39, 0.29) is 0 Å². The fourth-order valence-corrected chi connectivity index (χ4v) is 1.11. The summed E-state index contributed by atoms with van der Waals surface area (Å²) in [6.07, 6.45) is 1.11. The first-order chi connectivity index (χ1) is 6.87. The van der Waals surface area contributed by atoms with E-state index in [0.29, 0.717) is 0 Å². The van der Waals surface area contributed by atoms with Crippen LogP contribution in [-0.4, -0.2) is 41.7 Å². The summed E-state index contributed by atoms with van der Waals surface area (Å²) in [6, 6.07) is -1.37. The van der Waals surface area contributed by atoms with E-state index >= 15 is 0 Å². The molecule has 1 atom stereocenters. The molecule has 1 aliphatic heterocycles. The predicted molar refractivity (Wildman–Crippen MR) is 50.9 cm³/mol. The summed E-state index contributed by atoms with van der Waals surface area (Å²) in [5.74, 6) is -0.456. The molecule has 82 valence electrons. The molecule has 5 amide bonds. The Kier molecular flexibility index (Phi) is 2.60. The van der Waals surface area contributed by atoms with Gasteiger partial charge < -0.3 is 11.1 Å². The summed E-state index contributed by atoms with van der Waals surface area (Å²) >= 11 is 0. The van der Waals surface area contributed by atoms with Crippen LogP contribution in [0.1, 0.15) is 6.92 Å². The van der Waals surface area contributed by atoms with Gasteiger partial charge in [0.1, 0.15) is 0 Å². The minimum absolute atomic E-state index is 0.456. The van der Waals surface area contributed by atoms with E-state index in [1.54, 1.807) is 0 Å². The van der Waals surface area contributed by atoms with Crippen LogP contribution in [0, 0.1) is 0 Å². The van der Waals surface area contributed by atoms with Gasteiger partial charge >= 0.3 is 12.1 Å². The third-order valence-electron chi connectivity index (χ3n) is 1.92. The number of rotatable bonds is 2. The largest absolute Gasteiger partial charge is 0.350 e. The van der Waals surface area contributed by atoms with E-state index in [4.69, 9.17) is 5.73 Å². The number of imide groups is 1. The number of likely N-dealkylation sites (N-methyl/N-ethyl adjacent to an activating group) is 1. The monoisotopic (exact) mass is 213 g/mol. The Hall–Kier alpha value is -2.12. The van der Waals surface area contributed by atoms with Crippen LogP contribution in [-0.2, 0) is 4.79 Å². The lowest BCUT2D eigenvalue weighted by atomic mass is 10.1. The number of urea groups is 2. The lowest BCUT2D eigenvalue weighted by Gasteiger charge is -2.14. The van der Waals surface area contributed by atoms with Gasteiger partial charge in [0.2, 0.25) is 0 Å². The number of carbonyl (C=O) groups is 3. The Labute approximate surface area is 85.5 Å². The second-order valence-corrected chi connectivity index (χ2v) is 3.23. The molecule has 4 N–H and O–H groups in total. The first-order valence-corrected chi connectivity index (χ1v) is 4.07. The highest BCUT2D eigenvalue weighted by Crippen LogP contribution is 2.13. The van der Waals surface area contributed by atoms with Gasteiger partial charge in [0.05, 0.1) is 6.21 Å². The van der Waals surface area contributed by atoms with Crippen LogP contribution in [0.15, 0.2) is 5.10 Å². The molecule has 15 heavy (non-hydrogen) atoms. The number of nitrogens with two attached hydrogens (primary N) is 1. The number of hydrogen-bond donors (Lipinski definition) is 3. The van der Waals surface area contributed by atoms with Crippen LogP contribution in [0.2, 0.25) is 0 Å². The van der Waals surface area contributed by atoms with Gasteiger partial charge in [0, 0.05) is 7.05 Å². The summed E-state index contributed by atoms with van der Waals surface area (Å²) in [4.78, 5) is 33.9. The summed E-state index contributed by atoms with van der Waals surface area (Å²) < 4.78 is 0. The summed E-state index contributed by atoms with van der Waals surface area (Å²) in [7, 11) is 1.35. The lowest BCUT2D eigenvalue weighted by Crippen LogP contribution is -2.46. The van der Waals surface area contributed by atoms with Crippen molar-refractivity contribution in [3.63, 3.8) is 0 Å². The molecule has 0 aromatic heterocycles. The predicted octanol–water partition coefficient (Wildman–Crippen LogP) is -1.42. The fourth-order valence-electron chi connectivity index (χ4n) is 1.11. The molecule has 0 aliphatic carbocycles. The molecule has 1 aliphatic rings. The fraction of sp³-hybridized carbons (Fsp3) is 0.429. The zero-order chi connectivity index (χ0) is 11.6. The lowest BCUT2D eigenvalue weighted by molar-refractivity contribution is -0.127. The zero-order valence-corrected chi connectivity index (χ0v) is 8.27. The van der Waals surface area contributed by atoms with Gasteiger partial charge in [0.25, 0.3) is 5.91 Å². The topological polar surface area (TPSA) is 117 Å². The van der Waals surface area contributed by atoms with Crippen LogP contribution in [0.5, 0.6) is 0 Å². The van der Waals surface area contributed by atoms with Crippen molar-refractivity contribution in [3.8, 4) is 0 Å². The molecule has 0 radical (unpaired) electrons. The second kappa shape index (κ2) is 3.56. The van der Waals surface area contributed by atoms with Crippen LogP contribution in [0.4, 0.5) is 9.59 Å². The van der Waals surface area contributed by atoms with Crippen LogP contribution in [0.3, 0.4) is 0 Å². The normalized spacial score (nSPS) is 25.9. The van der Waals surface area contributed by atoms with Crippen molar-refractivity contribution >= 4 is 24.2 Å². The highest BCUT2D eigenvalue weighted by Gasteiger charge is 2.45. The third-order valence-corrected chi connectivity index (χ3v) is 1.92. The first kappa shape index (κ1) is 11.0. The quantitative estimate of drug-likeness (QED) is 0.297. The van der Waals surface area contributed by atoms with E-state index in [0.717, 1.165) is 11.1 Å². The molecular weight excluding hydrogens is 202 g/mol. The van der Waals surface area contributed by atoms with Crippen molar-refractivity contribution in [2.24, 2.45) is 10.8 Å². The molecule has 0 saturated carbocycles. The average molecular weight is 213 g/mol. The van der Waals surface area contributed by atoms with E-state index < -0.39 is 23.5 Å². The molecule has 1 heterocycles. The van der Waals surface area contributed by atoms with Crippen molar-refractivity contribution in [1.29, 1.82) is 0 Å². The third kappa shape index (κ3) is 2.03. The maximum atomic E-state index is 11.5. The summed E-state index contributed by atoms with van der Waals surface area (Å²) in [6.45, 7) is 1.46. The van der Waals surface area contributed by atoms with Gasteiger partial charge in [-0.05, 0) is 6.92 Å². The Balaban J connectivity index is 2.76. The van der Waals surface area contributed by atoms with E-state index in [2.05, 4.69) is 10.4 Å². The number of carbonyl (C=O) groups excluding carboxylic acids is 3. The molecule has 1 fully saturated rings. The molecule has 1 rings (SSSR count). The van der Waals surface area contributed by atoms with Gasteiger partial charge in [-0.1, -0.05) is 0 Å². The van der Waals surface area contributed by atoms with Crippen LogP contribution >= 0.6 is 0 Å². The number of primary amides is 1. The van der Waals surface area contributed by atoms with Crippen molar-refractivity contribution in [1.82, 2.24) is 15.6 Å². The molecule has 0 bridgehead atoms.